The molecule has 1 aromatic heterocycles. The molecule has 7 nitrogen and oxygen atoms in total. The van der Waals surface area contributed by atoms with Gasteiger partial charge in [0.25, 0.3) is 0 Å². The molecule has 2 aliphatic heterocycles. The van der Waals surface area contributed by atoms with Crippen LogP contribution in [0.3, 0.4) is 0 Å². The van der Waals surface area contributed by atoms with Crippen LogP contribution in [0.4, 0.5) is 22.7 Å². The second-order valence-corrected chi connectivity index (χ2v) is 12.7. The number of halogens is 2. The Labute approximate surface area is 288 Å². The zero-order valence-electron chi connectivity index (χ0n) is 27.4. The average Bonchev–Trinajstić information content (AvgIpc) is 3.61. The smallest absolute Gasteiger partial charge is 0.115 e. The minimum atomic E-state index is -0.0850. The standard InChI is InChI=1S/C38H37N7.2ClH/c1-37(2)29-11-7-9-13-33(29)43(5)35(37)21-23-39-26-15-18-28(19-16-26)45-41-31-20-17-27(25-32(31)42-45)40-24-22-36-38(3,4)30-12-8-10-14-34(30)44(36)6;;/h7-25H,1-6H3;2*1H/b35-21+,36-22+,39-23?,40-24?;;. The van der Waals surface area contributed by atoms with Crippen molar-refractivity contribution in [1.29, 1.82) is 0 Å². The number of benzene rings is 4. The van der Waals surface area contributed by atoms with Crippen LogP contribution in [0, 0.1) is 0 Å². The monoisotopic (exact) mass is 663 g/mol. The highest BCUT2D eigenvalue weighted by molar-refractivity contribution is 5.86. The highest BCUT2D eigenvalue weighted by Gasteiger charge is 2.38. The Morgan fingerprint density at radius 2 is 1.04 bits per heavy atom. The second kappa shape index (κ2) is 12.8. The summed E-state index contributed by atoms with van der Waals surface area (Å²) in [7, 11) is 4.23. The molecule has 2 aliphatic rings. The third-order valence-corrected chi connectivity index (χ3v) is 9.24. The fourth-order valence-electron chi connectivity index (χ4n) is 6.76. The lowest BCUT2D eigenvalue weighted by Gasteiger charge is -2.23. The molecule has 0 amide bonds. The van der Waals surface area contributed by atoms with Crippen LogP contribution < -0.4 is 9.80 Å². The molecule has 4 aromatic carbocycles. The van der Waals surface area contributed by atoms with Crippen LogP contribution in [0.25, 0.3) is 16.7 Å². The molecule has 0 saturated heterocycles. The molecule has 47 heavy (non-hydrogen) atoms. The van der Waals surface area contributed by atoms with Gasteiger partial charge in [-0.1, -0.05) is 64.1 Å². The van der Waals surface area contributed by atoms with E-state index < -0.39 is 0 Å². The van der Waals surface area contributed by atoms with Gasteiger partial charge in [0.1, 0.15) is 11.0 Å². The molecular formula is C38H39Cl2N7. The van der Waals surface area contributed by atoms with Crippen molar-refractivity contribution in [2.45, 2.75) is 38.5 Å². The van der Waals surface area contributed by atoms with Gasteiger partial charge in [-0.2, -0.15) is 4.80 Å². The Morgan fingerprint density at radius 3 is 1.57 bits per heavy atom. The average molecular weight is 665 g/mol. The number of hydrogen-bond donors (Lipinski definition) is 0. The largest absolute Gasteiger partial charge is 0.347 e. The van der Waals surface area contributed by atoms with Crippen molar-refractivity contribution < 1.29 is 0 Å². The van der Waals surface area contributed by atoms with Crippen molar-refractivity contribution in [3.8, 4) is 5.69 Å². The van der Waals surface area contributed by atoms with Gasteiger partial charge in [-0.15, -0.1) is 35.0 Å². The highest BCUT2D eigenvalue weighted by atomic mass is 35.5. The third-order valence-electron chi connectivity index (χ3n) is 9.24. The van der Waals surface area contributed by atoms with Crippen LogP contribution in [0.15, 0.2) is 125 Å². The van der Waals surface area contributed by atoms with E-state index in [1.807, 2.05) is 54.9 Å². The number of likely N-dealkylation sites (N-methyl/N-ethyl adjacent to an activating group) is 2. The lowest BCUT2D eigenvalue weighted by molar-refractivity contribution is 0.641. The third kappa shape index (κ3) is 5.86. The number of nitrogens with zero attached hydrogens (tertiary/aromatic N) is 7. The van der Waals surface area contributed by atoms with Crippen LogP contribution in [0.5, 0.6) is 0 Å². The lowest BCUT2D eigenvalue weighted by atomic mass is 9.84. The normalized spacial score (nSPS) is 17.8. The van der Waals surface area contributed by atoms with E-state index in [1.165, 1.54) is 33.9 Å². The first kappa shape index (κ1) is 33.6. The maximum absolute atomic E-state index is 4.73. The first-order valence-electron chi connectivity index (χ1n) is 15.3. The molecule has 0 bridgehead atoms. The van der Waals surface area contributed by atoms with E-state index in [-0.39, 0.29) is 35.6 Å². The molecule has 5 aromatic rings. The van der Waals surface area contributed by atoms with Gasteiger partial charge in [-0.25, -0.2) is 0 Å². The Hall–Kier alpha value is -4.72. The molecule has 3 heterocycles. The van der Waals surface area contributed by atoms with Crippen LogP contribution >= 0.6 is 24.8 Å². The minimum absolute atomic E-state index is 0. The summed E-state index contributed by atoms with van der Waals surface area (Å²) in [5.74, 6) is 0. The lowest BCUT2D eigenvalue weighted by Crippen LogP contribution is -2.23. The summed E-state index contributed by atoms with van der Waals surface area (Å²) in [6.45, 7) is 9.02. The minimum Gasteiger partial charge on any atom is -0.347 e. The molecule has 9 heteroatoms. The van der Waals surface area contributed by atoms with E-state index in [9.17, 15) is 0 Å². The fraction of sp³-hybridized carbons (Fsp3) is 0.211. The van der Waals surface area contributed by atoms with Crippen molar-refractivity contribution in [3.05, 3.63) is 126 Å². The predicted molar refractivity (Wildman–Crippen MR) is 202 cm³/mol. The van der Waals surface area contributed by atoms with Gasteiger partial charge in [-0.05, 0) is 77.9 Å². The zero-order chi connectivity index (χ0) is 31.3. The molecule has 0 fully saturated rings. The van der Waals surface area contributed by atoms with E-state index in [4.69, 9.17) is 15.1 Å². The Kier molecular flexibility index (Phi) is 9.18. The molecule has 0 spiro atoms. The topological polar surface area (TPSA) is 61.9 Å². The molecule has 0 saturated carbocycles. The molecule has 0 aliphatic carbocycles. The Bertz CT molecular complexity index is 2050. The predicted octanol–water partition coefficient (Wildman–Crippen LogP) is 9.29. The highest BCUT2D eigenvalue weighted by Crippen LogP contribution is 2.47. The van der Waals surface area contributed by atoms with Crippen molar-refractivity contribution in [2.24, 2.45) is 9.98 Å². The number of aromatic nitrogens is 3. The van der Waals surface area contributed by atoms with Gasteiger partial charge in [0.05, 0.1) is 17.1 Å². The van der Waals surface area contributed by atoms with Crippen molar-refractivity contribution in [1.82, 2.24) is 15.0 Å². The fourth-order valence-corrected chi connectivity index (χ4v) is 6.76. The van der Waals surface area contributed by atoms with Crippen molar-refractivity contribution >= 4 is 71.0 Å². The van der Waals surface area contributed by atoms with Gasteiger partial charge in [0, 0.05) is 60.1 Å². The molecule has 0 N–H and O–H groups in total. The van der Waals surface area contributed by atoms with Crippen LogP contribution in [-0.4, -0.2) is 41.5 Å². The first-order valence-corrected chi connectivity index (χ1v) is 15.3. The Morgan fingerprint density at radius 1 is 0.574 bits per heavy atom. The van der Waals surface area contributed by atoms with Crippen LogP contribution in [0.2, 0.25) is 0 Å². The van der Waals surface area contributed by atoms with Crippen molar-refractivity contribution in [3.63, 3.8) is 0 Å². The van der Waals surface area contributed by atoms with Crippen molar-refractivity contribution in [2.75, 3.05) is 23.9 Å². The van der Waals surface area contributed by atoms with Gasteiger partial charge in [0.2, 0.25) is 0 Å². The zero-order valence-corrected chi connectivity index (χ0v) is 29.0. The number of rotatable bonds is 5. The van der Waals surface area contributed by atoms with E-state index in [2.05, 4.69) is 117 Å². The summed E-state index contributed by atoms with van der Waals surface area (Å²) in [4.78, 5) is 15.6. The number of aliphatic imine (C=N–C) groups is 2. The summed E-state index contributed by atoms with van der Waals surface area (Å²) in [6.07, 6.45) is 7.98. The summed E-state index contributed by atoms with van der Waals surface area (Å²) in [5.41, 5.74) is 11.6. The second-order valence-electron chi connectivity index (χ2n) is 12.7. The maximum Gasteiger partial charge on any atom is 0.115 e. The van der Waals surface area contributed by atoms with E-state index >= 15 is 0 Å². The number of fused-ring (bicyclic) bond motifs is 3. The number of anilines is 2. The van der Waals surface area contributed by atoms with Gasteiger partial charge >= 0.3 is 0 Å². The summed E-state index contributed by atoms with van der Waals surface area (Å²) >= 11 is 0. The number of allylic oxidation sites excluding steroid dienone is 4. The van der Waals surface area contributed by atoms with Gasteiger partial charge < -0.3 is 9.80 Å². The molecule has 240 valence electrons. The molecule has 0 atom stereocenters. The van der Waals surface area contributed by atoms with E-state index in [0.717, 1.165) is 28.1 Å². The van der Waals surface area contributed by atoms with Crippen LogP contribution in [-0.2, 0) is 10.8 Å². The van der Waals surface area contributed by atoms with Gasteiger partial charge in [0.15, 0.2) is 0 Å². The molecule has 7 rings (SSSR count). The van der Waals surface area contributed by atoms with E-state index in [1.54, 1.807) is 4.80 Å². The number of hydrogen-bond acceptors (Lipinski definition) is 6. The molecule has 0 unspecified atom stereocenters. The molecule has 0 radical (unpaired) electrons. The summed E-state index contributed by atoms with van der Waals surface area (Å²) in [5, 5.41) is 9.42. The van der Waals surface area contributed by atoms with Crippen LogP contribution in [0.1, 0.15) is 38.8 Å². The van der Waals surface area contributed by atoms with E-state index in [0.29, 0.717) is 0 Å². The van der Waals surface area contributed by atoms with Gasteiger partial charge in [-0.3, -0.25) is 9.98 Å². The number of para-hydroxylation sites is 2. The quantitative estimate of drug-likeness (QED) is 0.176. The summed E-state index contributed by atoms with van der Waals surface area (Å²) in [6, 6.07) is 31.0. The SMILES string of the molecule is CN1/C(=C/C=Nc2ccc(-n3nc4ccc(N=C/C=C5/N(C)c6ccccc6C5(C)C)cc4n3)cc2)C(C)(C)c2ccccc21.Cl.Cl. The Balaban J connectivity index is 0.00000217. The summed E-state index contributed by atoms with van der Waals surface area (Å²) < 4.78 is 0. The maximum atomic E-state index is 4.73. The molecular weight excluding hydrogens is 625 g/mol. The first-order chi connectivity index (χ1) is 21.6.